The lowest BCUT2D eigenvalue weighted by atomic mass is 9.98. The van der Waals surface area contributed by atoms with Gasteiger partial charge in [-0.15, -0.1) is 0 Å². The predicted octanol–water partition coefficient (Wildman–Crippen LogP) is 5.91. The molecule has 0 bridgehead atoms. The number of ether oxygens (including phenoxy) is 1. The number of aryl methyl sites for hydroxylation is 1. The number of H-pyrrole nitrogens is 2. The minimum Gasteiger partial charge on any atom is -0.508 e. The van der Waals surface area contributed by atoms with Gasteiger partial charge in [0.25, 0.3) is 0 Å². The van der Waals surface area contributed by atoms with Crippen molar-refractivity contribution in [2.24, 2.45) is 0 Å². The minimum atomic E-state index is -0.0374. The average Bonchev–Trinajstić information content (AvgIpc) is 3.18. The van der Waals surface area contributed by atoms with Gasteiger partial charge in [-0.05, 0) is 60.8 Å². The van der Waals surface area contributed by atoms with Crippen molar-refractivity contribution in [3.63, 3.8) is 0 Å². The van der Waals surface area contributed by atoms with Crippen molar-refractivity contribution in [2.75, 3.05) is 25.6 Å². The predicted molar refractivity (Wildman–Crippen MR) is 133 cm³/mol. The number of nitrogens with zero attached hydrogens (tertiary/aromatic N) is 2. The van der Waals surface area contributed by atoms with E-state index in [1.165, 1.54) is 30.2 Å². The third kappa shape index (κ3) is 6.50. The molecule has 0 spiro atoms. The molecule has 4 N–H and O–H groups in total. The second kappa shape index (κ2) is 11.6. The molecule has 0 atom stereocenters. The number of aromatic hydroxyl groups is 2. The Balaban J connectivity index is 0.000000229. The van der Waals surface area contributed by atoms with Crippen LogP contribution in [-0.4, -0.2) is 46.1 Å². The number of phenolic OH excluding ortho intramolecular Hbond substituents is 2. The summed E-state index contributed by atoms with van der Waals surface area (Å²) in [5, 5.41) is 24.9. The van der Waals surface area contributed by atoms with Gasteiger partial charge in [-0.2, -0.15) is 4.98 Å². The highest BCUT2D eigenvalue weighted by Gasteiger charge is 2.14. The van der Waals surface area contributed by atoms with Gasteiger partial charge < -0.3 is 19.8 Å². The van der Waals surface area contributed by atoms with Crippen LogP contribution < -0.4 is 9.64 Å². The summed E-state index contributed by atoms with van der Waals surface area (Å²) in [6.45, 7) is 9.32. The summed E-state index contributed by atoms with van der Waals surface area (Å²) in [6, 6.07) is 9.31. The maximum absolute atomic E-state index is 9.79. The van der Waals surface area contributed by atoms with E-state index in [-0.39, 0.29) is 17.4 Å². The maximum Gasteiger partial charge on any atom is 0.213 e. The molecule has 0 aliphatic heterocycles. The number of hydrogen-bond acceptors (Lipinski definition) is 6. The van der Waals surface area contributed by atoms with E-state index >= 15 is 0 Å². The molecule has 7 nitrogen and oxygen atoms in total. The number of aromatic amines is 2. The van der Waals surface area contributed by atoms with Crippen molar-refractivity contribution in [3.8, 4) is 28.6 Å². The van der Waals surface area contributed by atoms with E-state index in [1.807, 2.05) is 19.9 Å². The fourth-order valence-electron chi connectivity index (χ4n) is 3.26. The van der Waals surface area contributed by atoms with Crippen molar-refractivity contribution in [2.45, 2.75) is 46.5 Å². The molecule has 2 aromatic carbocycles. The van der Waals surface area contributed by atoms with Crippen LogP contribution in [0.2, 0.25) is 0 Å². The Bertz CT molecular complexity index is 1080. The third-order valence-corrected chi connectivity index (χ3v) is 5.31. The summed E-state index contributed by atoms with van der Waals surface area (Å²) >= 11 is 4.86. The Morgan fingerprint density at radius 3 is 2.41 bits per heavy atom. The Morgan fingerprint density at radius 2 is 1.84 bits per heavy atom. The first kappa shape index (κ1) is 25.3. The normalized spacial score (nSPS) is 10.6. The van der Waals surface area contributed by atoms with Crippen LogP contribution in [0.5, 0.6) is 17.2 Å². The van der Waals surface area contributed by atoms with Gasteiger partial charge in [0.15, 0.2) is 5.82 Å². The summed E-state index contributed by atoms with van der Waals surface area (Å²) < 4.78 is 5.68. The molecule has 0 saturated heterocycles. The molecule has 0 radical (unpaired) electrons. The summed E-state index contributed by atoms with van der Waals surface area (Å²) in [6.07, 6.45) is 2.44. The lowest BCUT2D eigenvalue weighted by Gasteiger charge is -2.21. The number of unbranched alkanes of at least 4 members (excludes halogenated alkanes) is 1. The number of anilines is 1. The quantitative estimate of drug-likeness (QED) is 0.329. The van der Waals surface area contributed by atoms with Crippen LogP contribution >= 0.6 is 12.2 Å². The van der Waals surface area contributed by atoms with E-state index < -0.39 is 0 Å². The second-order valence-electron chi connectivity index (χ2n) is 8.05. The van der Waals surface area contributed by atoms with E-state index in [9.17, 15) is 10.2 Å². The Labute approximate surface area is 195 Å². The average molecular weight is 459 g/mol. The van der Waals surface area contributed by atoms with Crippen molar-refractivity contribution >= 4 is 17.9 Å². The fraction of sp³-hybridized carbons (Fsp3) is 0.417. The molecule has 0 fully saturated rings. The standard InChI is InChI=1S/C13H21NO.C11H13N3O2S/c1-5-6-9-14(3)12-10-11(2)7-8-13(12)15-4;1-5(2)6-3-7(9(16)4-8(6)15)10-12-11(17)14-13-10/h7-8,10H,5-6,9H2,1-4H3;3-5,15-16H,1-2H3,(H2,12,13,14,17). The molecule has 174 valence electrons. The largest absolute Gasteiger partial charge is 0.508 e. The monoisotopic (exact) mass is 458 g/mol. The molecular formula is C24H34N4O3S. The van der Waals surface area contributed by atoms with Crippen LogP contribution in [0.4, 0.5) is 5.69 Å². The van der Waals surface area contributed by atoms with E-state index in [1.54, 1.807) is 13.2 Å². The molecule has 0 aliphatic rings. The van der Waals surface area contributed by atoms with E-state index in [0.29, 0.717) is 16.2 Å². The molecular weight excluding hydrogens is 424 g/mol. The number of aromatic nitrogens is 3. The number of rotatable bonds is 7. The Hall–Kier alpha value is -3.00. The third-order valence-electron chi connectivity index (χ3n) is 5.12. The molecule has 0 amide bonds. The second-order valence-corrected chi connectivity index (χ2v) is 8.44. The minimum absolute atomic E-state index is 0.0374. The first-order valence-corrected chi connectivity index (χ1v) is 11.1. The van der Waals surface area contributed by atoms with Crippen molar-refractivity contribution in [3.05, 3.63) is 46.2 Å². The van der Waals surface area contributed by atoms with Crippen LogP contribution in [0.15, 0.2) is 30.3 Å². The molecule has 0 unspecified atom stereocenters. The Kier molecular flexibility index (Phi) is 9.13. The topological polar surface area (TPSA) is 97.4 Å². The van der Waals surface area contributed by atoms with Gasteiger partial charge in [0.2, 0.25) is 4.77 Å². The maximum atomic E-state index is 9.79. The van der Waals surface area contributed by atoms with Crippen molar-refractivity contribution in [1.29, 1.82) is 0 Å². The van der Waals surface area contributed by atoms with Gasteiger partial charge in [-0.1, -0.05) is 33.3 Å². The number of phenols is 2. The van der Waals surface area contributed by atoms with Gasteiger partial charge in [0.1, 0.15) is 17.2 Å². The highest BCUT2D eigenvalue weighted by molar-refractivity contribution is 7.71. The molecule has 3 aromatic rings. The number of nitrogens with one attached hydrogen (secondary N) is 2. The van der Waals surface area contributed by atoms with Crippen LogP contribution in [-0.2, 0) is 0 Å². The zero-order valence-electron chi connectivity index (χ0n) is 19.7. The smallest absolute Gasteiger partial charge is 0.213 e. The SMILES string of the molecule is CC(C)c1cc(-c2nc(=S)[nH][nH]2)c(O)cc1O.CCCCN(C)c1cc(C)ccc1OC. The lowest BCUT2D eigenvalue weighted by molar-refractivity contribution is 0.414. The Morgan fingerprint density at radius 1 is 1.12 bits per heavy atom. The summed E-state index contributed by atoms with van der Waals surface area (Å²) in [5.41, 5.74) is 3.72. The zero-order chi connectivity index (χ0) is 23.8. The molecule has 8 heteroatoms. The van der Waals surface area contributed by atoms with Crippen molar-refractivity contribution < 1.29 is 14.9 Å². The number of hydrogen-bond donors (Lipinski definition) is 4. The summed E-state index contributed by atoms with van der Waals surface area (Å²) in [5.74, 6) is 1.60. The molecule has 0 saturated carbocycles. The highest BCUT2D eigenvalue weighted by Crippen LogP contribution is 2.36. The zero-order valence-corrected chi connectivity index (χ0v) is 20.5. The first-order valence-electron chi connectivity index (χ1n) is 10.7. The number of benzene rings is 2. The molecule has 1 heterocycles. The van der Waals surface area contributed by atoms with Crippen LogP contribution in [0.3, 0.4) is 0 Å². The number of methoxy groups -OCH3 is 1. The van der Waals surface area contributed by atoms with Crippen molar-refractivity contribution in [1.82, 2.24) is 15.2 Å². The van der Waals surface area contributed by atoms with E-state index in [4.69, 9.17) is 17.0 Å². The van der Waals surface area contributed by atoms with Gasteiger partial charge in [-0.3, -0.25) is 10.2 Å². The van der Waals surface area contributed by atoms with E-state index in [0.717, 1.165) is 17.9 Å². The molecule has 32 heavy (non-hydrogen) atoms. The molecule has 0 aliphatic carbocycles. The van der Waals surface area contributed by atoms with Gasteiger partial charge in [-0.25, -0.2) is 0 Å². The van der Waals surface area contributed by atoms with Gasteiger partial charge >= 0.3 is 0 Å². The molecule has 1 aromatic heterocycles. The summed E-state index contributed by atoms with van der Waals surface area (Å²) in [7, 11) is 3.84. The van der Waals surface area contributed by atoms with Gasteiger partial charge in [0, 0.05) is 19.7 Å². The van der Waals surface area contributed by atoms with Gasteiger partial charge in [0.05, 0.1) is 18.4 Å². The van der Waals surface area contributed by atoms with Crippen LogP contribution in [0.1, 0.15) is 50.7 Å². The van der Waals surface area contributed by atoms with Crippen LogP contribution in [0, 0.1) is 11.7 Å². The van der Waals surface area contributed by atoms with Crippen LogP contribution in [0.25, 0.3) is 11.4 Å². The lowest BCUT2D eigenvalue weighted by Crippen LogP contribution is -2.19. The molecule has 3 rings (SSSR count). The first-order chi connectivity index (χ1) is 15.2. The fourth-order valence-corrected chi connectivity index (χ4v) is 3.40. The van der Waals surface area contributed by atoms with E-state index in [2.05, 4.69) is 53.1 Å². The highest BCUT2D eigenvalue weighted by atomic mass is 32.1. The summed E-state index contributed by atoms with van der Waals surface area (Å²) in [4.78, 5) is 6.29.